The number of fused-ring (bicyclic) bond motifs is 1. The van der Waals surface area contributed by atoms with Gasteiger partial charge in [0, 0.05) is 43.5 Å². The molecule has 0 N–H and O–H groups in total. The molecule has 9 nitrogen and oxygen atoms in total. The third-order valence-corrected chi connectivity index (χ3v) is 7.37. The van der Waals surface area contributed by atoms with Gasteiger partial charge in [-0.2, -0.15) is 10.1 Å². The van der Waals surface area contributed by atoms with Crippen LogP contribution in [0.2, 0.25) is 0 Å². The maximum atomic E-state index is 13.3. The SMILES string of the molecule is Cc1nn(C)c2cc(-c3noc(N4CCC(C(=O)N5CCO[C@H](c6ccccc6)C5)CC4)n3)ccc12. The van der Waals surface area contributed by atoms with Gasteiger partial charge in [-0.25, -0.2) is 0 Å². The molecule has 1 atom stereocenters. The Labute approximate surface area is 209 Å². The summed E-state index contributed by atoms with van der Waals surface area (Å²) < 4.78 is 13.4. The van der Waals surface area contributed by atoms with E-state index in [1.165, 1.54) is 0 Å². The predicted octanol–water partition coefficient (Wildman–Crippen LogP) is 3.75. The van der Waals surface area contributed by atoms with Crippen molar-refractivity contribution in [3.8, 4) is 11.4 Å². The van der Waals surface area contributed by atoms with Crippen LogP contribution in [0.15, 0.2) is 53.1 Å². The summed E-state index contributed by atoms with van der Waals surface area (Å²) in [5.74, 6) is 0.794. The zero-order valence-corrected chi connectivity index (χ0v) is 20.6. The van der Waals surface area contributed by atoms with Crippen molar-refractivity contribution in [2.75, 3.05) is 37.7 Å². The van der Waals surface area contributed by atoms with Crippen LogP contribution in [-0.2, 0) is 16.6 Å². The Morgan fingerprint density at radius 3 is 2.67 bits per heavy atom. The first-order valence-corrected chi connectivity index (χ1v) is 12.5. The first-order chi connectivity index (χ1) is 17.6. The van der Waals surface area contributed by atoms with Crippen molar-refractivity contribution in [1.29, 1.82) is 0 Å². The van der Waals surface area contributed by atoms with Crippen molar-refractivity contribution in [2.24, 2.45) is 13.0 Å². The Bertz CT molecular complexity index is 1370. The zero-order valence-electron chi connectivity index (χ0n) is 20.6. The lowest BCUT2D eigenvalue weighted by molar-refractivity contribution is -0.144. The van der Waals surface area contributed by atoms with Gasteiger partial charge in [-0.1, -0.05) is 47.6 Å². The number of morpholine rings is 1. The summed E-state index contributed by atoms with van der Waals surface area (Å²) in [6.07, 6.45) is 1.48. The molecule has 186 valence electrons. The fraction of sp³-hybridized carbons (Fsp3) is 0.407. The second-order valence-electron chi connectivity index (χ2n) is 9.66. The van der Waals surface area contributed by atoms with Crippen molar-refractivity contribution in [1.82, 2.24) is 24.8 Å². The smallest absolute Gasteiger partial charge is 0.324 e. The zero-order chi connectivity index (χ0) is 24.6. The molecule has 2 aromatic carbocycles. The minimum absolute atomic E-state index is 0.00801. The maximum absolute atomic E-state index is 13.3. The van der Waals surface area contributed by atoms with Crippen LogP contribution in [-0.4, -0.2) is 63.5 Å². The first-order valence-electron chi connectivity index (χ1n) is 12.5. The minimum Gasteiger partial charge on any atom is -0.370 e. The number of aryl methyl sites for hydroxylation is 2. The van der Waals surface area contributed by atoms with Crippen LogP contribution < -0.4 is 4.90 Å². The van der Waals surface area contributed by atoms with Gasteiger partial charge in [0.2, 0.25) is 11.7 Å². The Kier molecular flexibility index (Phi) is 5.92. The molecule has 0 radical (unpaired) electrons. The second kappa shape index (κ2) is 9.39. The molecule has 2 saturated heterocycles. The molecule has 0 aliphatic carbocycles. The molecule has 6 rings (SSSR count). The number of benzene rings is 2. The van der Waals surface area contributed by atoms with E-state index in [4.69, 9.17) is 9.26 Å². The molecular formula is C27H30N6O3. The molecule has 0 unspecified atom stereocenters. The Balaban J connectivity index is 1.09. The van der Waals surface area contributed by atoms with E-state index in [1.54, 1.807) is 0 Å². The number of carbonyl (C=O) groups excluding carboxylic acids is 1. The van der Waals surface area contributed by atoms with Crippen LogP contribution in [0.5, 0.6) is 0 Å². The highest BCUT2D eigenvalue weighted by Gasteiger charge is 2.33. The monoisotopic (exact) mass is 486 g/mol. The van der Waals surface area contributed by atoms with E-state index in [9.17, 15) is 4.79 Å². The summed E-state index contributed by atoms with van der Waals surface area (Å²) in [4.78, 5) is 22.0. The maximum Gasteiger partial charge on any atom is 0.324 e. The lowest BCUT2D eigenvalue weighted by atomic mass is 9.95. The largest absolute Gasteiger partial charge is 0.370 e. The highest BCUT2D eigenvalue weighted by molar-refractivity contribution is 5.85. The van der Waals surface area contributed by atoms with Gasteiger partial charge >= 0.3 is 6.01 Å². The first kappa shape index (κ1) is 22.7. The van der Waals surface area contributed by atoms with E-state index in [-0.39, 0.29) is 17.9 Å². The van der Waals surface area contributed by atoms with E-state index >= 15 is 0 Å². The number of rotatable bonds is 4. The number of hydrogen-bond acceptors (Lipinski definition) is 7. The van der Waals surface area contributed by atoms with E-state index < -0.39 is 0 Å². The lowest BCUT2D eigenvalue weighted by Gasteiger charge is -2.37. The summed E-state index contributed by atoms with van der Waals surface area (Å²) >= 11 is 0. The normalized spacial score (nSPS) is 19.2. The van der Waals surface area contributed by atoms with Gasteiger partial charge in [0.25, 0.3) is 0 Å². The summed E-state index contributed by atoms with van der Waals surface area (Å²) in [7, 11) is 1.94. The predicted molar refractivity (Wildman–Crippen MR) is 135 cm³/mol. The quantitative estimate of drug-likeness (QED) is 0.434. The number of aromatic nitrogens is 4. The average molecular weight is 487 g/mol. The van der Waals surface area contributed by atoms with Crippen molar-refractivity contribution in [2.45, 2.75) is 25.9 Å². The van der Waals surface area contributed by atoms with E-state index in [0.29, 0.717) is 44.6 Å². The third-order valence-electron chi connectivity index (χ3n) is 7.37. The molecule has 4 heterocycles. The van der Waals surface area contributed by atoms with E-state index in [0.717, 1.165) is 40.6 Å². The summed E-state index contributed by atoms with van der Waals surface area (Å²) in [6, 6.07) is 16.7. The van der Waals surface area contributed by atoms with E-state index in [2.05, 4.69) is 32.3 Å². The number of anilines is 1. The Morgan fingerprint density at radius 1 is 1.06 bits per heavy atom. The highest BCUT2D eigenvalue weighted by Crippen LogP contribution is 2.29. The highest BCUT2D eigenvalue weighted by atomic mass is 16.5. The molecule has 0 spiro atoms. The lowest BCUT2D eigenvalue weighted by Crippen LogP contribution is -2.47. The topological polar surface area (TPSA) is 89.5 Å². The Morgan fingerprint density at radius 2 is 1.86 bits per heavy atom. The summed E-state index contributed by atoms with van der Waals surface area (Å²) in [5, 5.41) is 9.83. The minimum atomic E-state index is -0.0599. The van der Waals surface area contributed by atoms with Crippen LogP contribution in [0, 0.1) is 12.8 Å². The molecule has 0 saturated carbocycles. The van der Waals surface area contributed by atoms with Crippen LogP contribution in [0.3, 0.4) is 0 Å². The number of amides is 1. The molecule has 9 heteroatoms. The fourth-order valence-corrected chi connectivity index (χ4v) is 5.33. The fourth-order valence-electron chi connectivity index (χ4n) is 5.33. The molecule has 2 aromatic heterocycles. The van der Waals surface area contributed by atoms with Gasteiger partial charge < -0.3 is 19.1 Å². The van der Waals surface area contributed by atoms with Crippen LogP contribution in [0.25, 0.3) is 22.3 Å². The van der Waals surface area contributed by atoms with Crippen molar-refractivity contribution in [3.05, 3.63) is 59.8 Å². The average Bonchev–Trinajstić information content (AvgIpc) is 3.53. The van der Waals surface area contributed by atoms with Crippen LogP contribution in [0.4, 0.5) is 6.01 Å². The molecule has 2 aliphatic rings. The molecule has 0 bridgehead atoms. The van der Waals surface area contributed by atoms with E-state index in [1.807, 2.05) is 60.0 Å². The van der Waals surface area contributed by atoms with Gasteiger partial charge in [-0.15, -0.1) is 0 Å². The van der Waals surface area contributed by atoms with Crippen LogP contribution >= 0.6 is 0 Å². The summed E-state index contributed by atoms with van der Waals surface area (Å²) in [5.41, 5.74) is 4.05. The molecule has 2 fully saturated rings. The molecule has 36 heavy (non-hydrogen) atoms. The van der Waals surface area contributed by atoms with Gasteiger partial charge in [0.15, 0.2) is 0 Å². The van der Waals surface area contributed by atoms with Crippen molar-refractivity contribution < 1.29 is 14.1 Å². The van der Waals surface area contributed by atoms with Crippen molar-refractivity contribution >= 4 is 22.8 Å². The summed E-state index contributed by atoms with van der Waals surface area (Å²) in [6.45, 7) is 5.25. The van der Waals surface area contributed by atoms with Gasteiger partial charge in [-0.3, -0.25) is 9.48 Å². The van der Waals surface area contributed by atoms with Gasteiger partial charge in [0.1, 0.15) is 6.10 Å². The van der Waals surface area contributed by atoms with Crippen molar-refractivity contribution in [3.63, 3.8) is 0 Å². The molecule has 1 amide bonds. The van der Waals surface area contributed by atoms with Gasteiger partial charge in [-0.05, 0) is 31.4 Å². The van der Waals surface area contributed by atoms with Crippen LogP contribution in [0.1, 0.15) is 30.2 Å². The number of ether oxygens (including phenoxy) is 1. The molecular weight excluding hydrogens is 456 g/mol. The molecule has 2 aliphatic heterocycles. The van der Waals surface area contributed by atoms with Gasteiger partial charge in [0.05, 0.1) is 24.4 Å². The second-order valence-corrected chi connectivity index (χ2v) is 9.66. The third kappa shape index (κ3) is 4.24. The Hall–Kier alpha value is -3.72. The number of hydrogen-bond donors (Lipinski definition) is 0. The number of piperidine rings is 1. The standard InChI is InChI=1S/C27H30N6O3/c1-18-22-9-8-21(16-23(22)31(2)29-18)25-28-27(36-30-25)32-12-10-20(11-13-32)26(34)33-14-15-35-24(17-33)19-6-4-3-5-7-19/h3-9,16,20,24H,10-15,17H2,1-2H3/t24-/m0/s1. The molecule has 4 aromatic rings. The number of nitrogens with zero attached hydrogens (tertiary/aromatic N) is 6. The number of carbonyl (C=O) groups is 1.